The maximum Gasteiger partial charge on any atom is 0.222 e. The summed E-state index contributed by atoms with van der Waals surface area (Å²) >= 11 is 0. The molecule has 0 aromatic heterocycles. The Morgan fingerprint density at radius 3 is 2.44 bits per heavy atom. The highest BCUT2D eigenvalue weighted by atomic mass is 16.4. The van der Waals surface area contributed by atoms with Crippen LogP contribution in [0.5, 0.6) is 0 Å². The molecule has 2 fully saturated rings. The van der Waals surface area contributed by atoms with Crippen LogP contribution in [-0.2, 0) is 4.79 Å². The van der Waals surface area contributed by atoms with Gasteiger partial charge in [-0.25, -0.2) is 0 Å². The molecule has 1 saturated heterocycles. The molecule has 1 amide bonds. The van der Waals surface area contributed by atoms with Gasteiger partial charge in [0.2, 0.25) is 5.91 Å². The zero-order valence-electron chi connectivity index (χ0n) is 10.7. The van der Waals surface area contributed by atoms with Crippen molar-refractivity contribution >= 4 is 11.7 Å². The second-order valence-corrected chi connectivity index (χ2v) is 5.25. The van der Waals surface area contributed by atoms with Crippen LogP contribution in [0.15, 0.2) is 5.16 Å². The van der Waals surface area contributed by atoms with Crippen LogP contribution in [0.2, 0.25) is 0 Å². The molecule has 0 spiro atoms. The van der Waals surface area contributed by atoms with E-state index in [2.05, 4.69) is 10.1 Å². The first-order valence-corrected chi connectivity index (χ1v) is 6.65. The minimum absolute atomic E-state index is 0.226. The molecule has 2 rings (SSSR count). The number of nitrogens with two attached hydrogens (primary N) is 1. The molecule has 1 aliphatic heterocycles. The zero-order valence-corrected chi connectivity index (χ0v) is 10.7. The summed E-state index contributed by atoms with van der Waals surface area (Å²) in [7, 11) is 0. The number of nitrogens with zero attached hydrogens (tertiary/aromatic N) is 3. The number of amides is 1. The fourth-order valence-electron chi connectivity index (χ4n) is 2.49. The standard InChI is InChI=1S/C12H22N4O2/c13-11(14-18)9-15-4-6-16(7-5-15)12(17)8-10-2-1-3-10/h10,18H,1-9H2,(H2,13,14). The summed E-state index contributed by atoms with van der Waals surface area (Å²) < 4.78 is 0. The Morgan fingerprint density at radius 1 is 1.28 bits per heavy atom. The van der Waals surface area contributed by atoms with E-state index in [1.807, 2.05) is 4.90 Å². The van der Waals surface area contributed by atoms with Crippen LogP contribution in [0.1, 0.15) is 25.7 Å². The fourth-order valence-corrected chi connectivity index (χ4v) is 2.49. The second kappa shape index (κ2) is 6.04. The SMILES string of the molecule is NC(CN1CCN(C(=O)CC2CCC2)CC1)=NO. The minimum atomic E-state index is 0.226. The van der Waals surface area contributed by atoms with Crippen LogP contribution < -0.4 is 5.73 Å². The molecule has 1 aliphatic carbocycles. The number of rotatable bonds is 4. The van der Waals surface area contributed by atoms with E-state index in [0.717, 1.165) is 32.6 Å². The van der Waals surface area contributed by atoms with Gasteiger partial charge in [0, 0.05) is 32.6 Å². The van der Waals surface area contributed by atoms with Crippen molar-refractivity contribution in [3.05, 3.63) is 0 Å². The van der Waals surface area contributed by atoms with Crippen LogP contribution in [0, 0.1) is 5.92 Å². The molecule has 0 radical (unpaired) electrons. The van der Waals surface area contributed by atoms with E-state index in [9.17, 15) is 4.79 Å². The minimum Gasteiger partial charge on any atom is -0.409 e. The summed E-state index contributed by atoms with van der Waals surface area (Å²) in [6.45, 7) is 3.58. The maximum atomic E-state index is 12.0. The predicted molar refractivity (Wildman–Crippen MR) is 68.4 cm³/mol. The van der Waals surface area contributed by atoms with Crippen molar-refractivity contribution in [3.8, 4) is 0 Å². The molecule has 0 atom stereocenters. The number of piperazine rings is 1. The van der Waals surface area contributed by atoms with Gasteiger partial charge < -0.3 is 15.8 Å². The van der Waals surface area contributed by atoms with E-state index in [4.69, 9.17) is 10.9 Å². The smallest absolute Gasteiger partial charge is 0.222 e. The molecule has 0 aromatic rings. The molecular weight excluding hydrogens is 232 g/mol. The Hall–Kier alpha value is -1.30. The number of amidine groups is 1. The number of carbonyl (C=O) groups excluding carboxylic acids is 1. The molecule has 1 heterocycles. The second-order valence-electron chi connectivity index (χ2n) is 5.25. The summed E-state index contributed by atoms with van der Waals surface area (Å²) in [4.78, 5) is 16.1. The quantitative estimate of drug-likeness (QED) is 0.322. The lowest BCUT2D eigenvalue weighted by Gasteiger charge is -2.36. The third-order valence-electron chi connectivity index (χ3n) is 3.93. The number of carbonyl (C=O) groups is 1. The molecule has 18 heavy (non-hydrogen) atoms. The van der Waals surface area contributed by atoms with E-state index >= 15 is 0 Å². The van der Waals surface area contributed by atoms with Crippen LogP contribution in [0.4, 0.5) is 0 Å². The third kappa shape index (κ3) is 3.35. The van der Waals surface area contributed by atoms with Gasteiger partial charge >= 0.3 is 0 Å². The number of hydrogen-bond acceptors (Lipinski definition) is 4. The van der Waals surface area contributed by atoms with Crippen molar-refractivity contribution in [2.45, 2.75) is 25.7 Å². The summed E-state index contributed by atoms with van der Waals surface area (Å²) in [6.07, 6.45) is 4.44. The highest BCUT2D eigenvalue weighted by Crippen LogP contribution is 2.29. The van der Waals surface area contributed by atoms with Crippen LogP contribution >= 0.6 is 0 Å². The van der Waals surface area contributed by atoms with Crippen molar-refractivity contribution in [1.82, 2.24) is 9.80 Å². The highest BCUT2D eigenvalue weighted by molar-refractivity contribution is 5.81. The van der Waals surface area contributed by atoms with Crippen molar-refractivity contribution in [1.29, 1.82) is 0 Å². The predicted octanol–water partition coefficient (Wildman–Crippen LogP) is 0.0672. The van der Waals surface area contributed by atoms with Crippen molar-refractivity contribution in [3.63, 3.8) is 0 Å². The Bertz CT molecular complexity index is 320. The summed E-state index contributed by atoms with van der Waals surface area (Å²) in [5.74, 6) is 1.15. The van der Waals surface area contributed by atoms with Crippen molar-refractivity contribution < 1.29 is 10.0 Å². The van der Waals surface area contributed by atoms with Gasteiger partial charge in [-0.15, -0.1) is 0 Å². The van der Waals surface area contributed by atoms with Gasteiger partial charge in [-0.3, -0.25) is 9.69 Å². The molecule has 1 saturated carbocycles. The molecule has 2 aliphatic rings. The average molecular weight is 254 g/mol. The molecular formula is C12H22N4O2. The zero-order chi connectivity index (χ0) is 13.0. The summed E-state index contributed by atoms with van der Waals surface area (Å²) in [6, 6.07) is 0. The lowest BCUT2D eigenvalue weighted by atomic mass is 9.82. The summed E-state index contributed by atoms with van der Waals surface area (Å²) in [5.41, 5.74) is 5.47. The van der Waals surface area contributed by atoms with Gasteiger partial charge in [0.25, 0.3) is 0 Å². The Kier molecular flexibility index (Phi) is 4.41. The Balaban J connectivity index is 1.70. The van der Waals surface area contributed by atoms with Crippen molar-refractivity contribution in [2.75, 3.05) is 32.7 Å². The van der Waals surface area contributed by atoms with E-state index < -0.39 is 0 Å². The topological polar surface area (TPSA) is 82.2 Å². The van der Waals surface area contributed by atoms with Gasteiger partial charge in [-0.2, -0.15) is 0 Å². The van der Waals surface area contributed by atoms with Crippen LogP contribution in [0.25, 0.3) is 0 Å². The summed E-state index contributed by atoms with van der Waals surface area (Å²) in [5, 5.41) is 11.5. The highest BCUT2D eigenvalue weighted by Gasteiger charge is 2.26. The largest absolute Gasteiger partial charge is 0.409 e. The van der Waals surface area contributed by atoms with Gasteiger partial charge in [-0.1, -0.05) is 11.6 Å². The van der Waals surface area contributed by atoms with E-state index in [1.54, 1.807) is 0 Å². The average Bonchev–Trinajstić information content (AvgIpc) is 2.34. The Morgan fingerprint density at radius 2 is 1.94 bits per heavy atom. The number of oxime groups is 1. The molecule has 6 heteroatoms. The van der Waals surface area contributed by atoms with E-state index in [0.29, 0.717) is 18.4 Å². The Labute approximate surface area is 107 Å². The molecule has 102 valence electrons. The maximum absolute atomic E-state index is 12.0. The third-order valence-corrected chi connectivity index (χ3v) is 3.93. The monoisotopic (exact) mass is 254 g/mol. The first-order valence-electron chi connectivity index (χ1n) is 6.65. The molecule has 0 bridgehead atoms. The molecule has 6 nitrogen and oxygen atoms in total. The van der Waals surface area contributed by atoms with Gasteiger partial charge in [0.15, 0.2) is 5.84 Å². The van der Waals surface area contributed by atoms with Gasteiger partial charge in [0.1, 0.15) is 0 Å². The fraction of sp³-hybridized carbons (Fsp3) is 0.833. The van der Waals surface area contributed by atoms with E-state index in [1.165, 1.54) is 19.3 Å². The first-order chi connectivity index (χ1) is 8.69. The van der Waals surface area contributed by atoms with Crippen LogP contribution in [-0.4, -0.2) is 59.5 Å². The molecule has 3 N–H and O–H groups in total. The van der Waals surface area contributed by atoms with Crippen molar-refractivity contribution in [2.24, 2.45) is 16.8 Å². The normalized spacial score (nSPS) is 22.9. The lowest BCUT2D eigenvalue weighted by Crippen LogP contribution is -2.51. The molecule has 0 unspecified atom stereocenters. The van der Waals surface area contributed by atoms with Gasteiger partial charge in [-0.05, 0) is 18.8 Å². The van der Waals surface area contributed by atoms with Crippen LogP contribution in [0.3, 0.4) is 0 Å². The number of hydrogen-bond donors (Lipinski definition) is 2. The lowest BCUT2D eigenvalue weighted by molar-refractivity contribution is -0.134. The molecule has 0 aromatic carbocycles. The van der Waals surface area contributed by atoms with E-state index in [-0.39, 0.29) is 5.84 Å². The first kappa shape index (κ1) is 13.1. The van der Waals surface area contributed by atoms with Gasteiger partial charge in [0.05, 0.1) is 6.54 Å².